The molecule has 2 aromatic heterocycles. The summed E-state index contributed by atoms with van der Waals surface area (Å²) in [6.07, 6.45) is 5.28. The molecule has 0 radical (unpaired) electrons. The number of hydrogen-bond acceptors (Lipinski definition) is 7. The molecule has 12 heteroatoms. The highest BCUT2D eigenvalue weighted by Gasteiger charge is 2.24. The molecule has 1 saturated heterocycles. The first-order chi connectivity index (χ1) is 21.3. The Kier molecular flexibility index (Phi) is 8.62. The Morgan fingerprint density at radius 2 is 1.84 bits per heavy atom. The number of nitrogens with zero attached hydrogens (tertiary/aromatic N) is 6. The molecular weight excluding hydrogens is 605 g/mol. The molecule has 1 atom stereocenters. The molecule has 0 saturated carbocycles. The van der Waals surface area contributed by atoms with Gasteiger partial charge in [-0.2, -0.15) is 5.26 Å². The zero-order chi connectivity index (χ0) is 30.8. The fraction of sp³-hybridized carbons (Fsp3) is 0.250. The van der Waals surface area contributed by atoms with Gasteiger partial charge in [0.05, 0.1) is 45.1 Å². The summed E-state index contributed by atoms with van der Waals surface area (Å²) in [7, 11) is 0. The summed E-state index contributed by atoms with van der Waals surface area (Å²) in [5, 5.41) is 26.3. The number of likely N-dealkylation sites (tertiary alicyclic amines) is 1. The first-order valence-corrected chi connectivity index (χ1v) is 15.0. The van der Waals surface area contributed by atoms with E-state index in [2.05, 4.69) is 43.8 Å². The average Bonchev–Trinajstić information content (AvgIpc) is 3.52. The number of fused-ring (bicyclic) bond motifs is 1. The van der Waals surface area contributed by atoms with Gasteiger partial charge >= 0.3 is 0 Å². The minimum absolute atomic E-state index is 0.0610. The van der Waals surface area contributed by atoms with Crippen LogP contribution >= 0.6 is 23.2 Å². The second-order valence-corrected chi connectivity index (χ2v) is 11.5. The predicted octanol–water partition coefficient (Wildman–Crippen LogP) is 7.88. The monoisotopic (exact) mass is 632 g/mol. The smallest absolute Gasteiger partial charge is 0.141 e. The Hall–Kier alpha value is -4.30. The highest BCUT2D eigenvalue weighted by Crippen LogP contribution is 2.37. The van der Waals surface area contributed by atoms with Crippen LogP contribution in [-0.4, -0.2) is 44.5 Å². The summed E-state index contributed by atoms with van der Waals surface area (Å²) < 4.78 is 30.2. The Morgan fingerprint density at radius 3 is 2.57 bits per heavy atom. The second kappa shape index (κ2) is 12.7. The number of hydrogen-bond donors (Lipinski definition) is 2. The lowest BCUT2D eigenvalue weighted by atomic mass is 10.0. The van der Waals surface area contributed by atoms with Crippen molar-refractivity contribution in [2.45, 2.75) is 31.8 Å². The van der Waals surface area contributed by atoms with Crippen molar-refractivity contribution >= 4 is 51.2 Å². The third-order valence-electron chi connectivity index (χ3n) is 7.93. The SMILES string of the molecule is CCN1CCC(n2cc(C(Nc3cc(Cl)c4ncc(C#N)c(Nc5ccc(F)c(Cl)c5)c4c3)c3cccc(F)c3)nn2)CC1. The van der Waals surface area contributed by atoms with Gasteiger partial charge in [0.1, 0.15) is 23.4 Å². The minimum Gasteiger partial charge on any atom is -0.373 e. The number of pyridine rings is 1. The van der Waals surface area contributed by atoms with Gasteiger partial charge in [0.25, 0.3) is 0 Å². The van der Waals surface area contributed by atoms with Crippen molar-refractivity contribution in [1.82, 2.24) is 24.9 Å². The number of nitriles is 1. The van der Waals surface area contributed by atoms with Crippen molar-refractivity contribution in [3.63, 3.8) is 0 Å². The Labute approximate surface area is 263 Å². The van der Waals surface area contributed by atoms with Crippen LogP contribution in [0.3, 0.4) is 0 Å². The van der Waals surface area contributed by atoms with Crippen molar-refractivity contribution in [2.75, 3.05) is 30.3 Å². The average molecular weight is 634 g/mol. The van der Waals surface area contributed by atoms with E-state index in [1.54, 1.807) is 18.2 Å². The highest BCUT2D eigenvalue weighted by molar-refractivity contribution is 6.36. The molecule has 1 fully saturated rings. The molecule has 5 aromatic rings. The highest BCUT2D eigenvalue weighted by atomic mass is 35.5. The van der Waals surface area contributed by atoms with Crippen molar-refractivity contribution in [1.29, 1.82) is 5.26 Å². The maximum absolute atomic E-state index is 14.4. The molecular formula is C32H28Cl2F2N8. The Bertz CT molecular complexity index is 1860. The lowest BCUT2D eigenvalue weighted by molar-refractivity contribution is 0.186. The van der Waals surface area contributed by atoms with E-state index in [9.17, 15) is 14.0 Å². The molecule has 1 aliphatic rings. The molecule has 0 bridgehead atoms. The standard InChI is InChI=1S/C32H28Cl2F2N8/c1-2-43-10-8-24(9-11-43)44-18-29(41-42-44)31(19-4-3-5-21(35)12-19)40-23-13-25-30(39-22-6-7-28(36)26(33)14-22)20(16-37)17-38-32(25)27(34)15-23/h3-7,12-15,17-18,24,31,40H,2,8-11H2,1H3,(H,38,39). The number of benzene rings is 3. The molecule has 0 aliphatic carbocycles. The van der Waals surface area contributed by atoms with E-state index in [0.29, 0.717) is 44.2 Å². The molecule has 1 aliphatic heterocycles. The number of anilines is 3. The lowest BCUT2D eigenvalue weighted by Gasteiger charge is -2.30. The third-order valence-corrected chi connectivity index (χ3v) is 8.51. The van der Waals surface area contributed by atoms with Crippen LogP contribution in [0.2, 0.25) is 10.0 Å². The lowest BCUT2D eigenvalue weighted by Crippen LogP contribution is -2.34. The van der Waals surface area contributed by atoms with Gasteiger partial charge in [-0.25, -0.2) is 13.5 Å². The fourth-order valence-electron chi connectivity index (χ4n) is 5.56. The van der Waals surface area contributed by atoms with Gasteiger partial charge in [0, 0.05) is 36.0 Å². The van der Waals surface area contributed by atoms with Crippen LogP contribution in [0, 0.1) is 23.0 Å². The van der Waals surface area contributed by atoms with E-state index in [1.165, 1.54) is 36.5 Å². The van der Waals surface area contributed by atoms with Crippen LogP contribution in [0.1, 0.15) is 48.7 Å². The number of nitrogens with one attached hydrogen (secondary N) is 2. The molecule has 8 nitrogen and oxygen atoms in total. The molecule has 2 N–H and O–H groups in total. The van der Waals surface area contributed by atoms with Crippen molar-refractivity contribution < 1.29 is 8.78 Å². The summed E-state index contributed by atoms with van der Waals surface area (Å²) in [5.41, 5.74) is 3.47. The summed E-state index contributed by atoms with van der Waals surface area (Å²) in [4.78, 5) is 6.83. The van der Waals surface area contributed by atoms with Crippen LogP contribution in [-0.2, 0) is 0 Å². The summed E-state index contributed by atoms with van der Waals surface area (Å²) >= 11 is 12.7. The van der Waals surface area contributed by atoms with Crippen LogP contribution in [0.5, 0.6) is 0 Å². The molecule has 44 heavy (non-hydrogen) atoms. The van der Waals surface area contributed by atoms with Gasteiger partial charge in [0.15, 0.2) is 0 Å². The van der Waals surface area contributed by atoms with Crippen LogP contribution in [0.25, 0.3) is 10.9 Å². The summed E-state index contributed by atoms with van der Waals surface area (Å²) in [6, 6.07) is 15.9. The normalized spacial score (nSPS) is 14.8. The third kappa shape index (κ3) is 6.17. The van der Waals surface area contributed by atoms with E-state index in [0.717, 1.165) is 32.5 Å². The number of halogens is 4. The van der Waals surface area contributed by atoms with E-state index in [4.69, 9.17) is 23.2 Å². The van der Waals surface area contributed by atoms with Crippen molar-refractivity contribution in [2.24, 2.45) is 0 Å². The van der Waals surface area contributed by atoms with Crippen molar-refractivity contribution in [3.8, 4) is 6.07 Å². The first kappa shape index (κ1) is 29.8. The summed E-state index contributed by atoms with van der Waals surface area (Å²) in [6.45, 7) is 5.18. The molecule has 6 rings (SSSR count). The largest absolute Gasteiger partial charge is 0.373 e. The topological polar surface area (TPSA) is 94.7 Å². The molecule has 3 aromatic carbocycles. The number of piperidine rings is 1. The van der Waals surface area contributed by atoms with Crippen molar-refractivity contribution in [3.05, 3.63) is 105 Å². The van der Waals surface area contributed by atoms with E-state index in [1.807, 2.05) is 16.9 Å². The van der Waals surface area contributed by atoms with Crippen LogP contribution in [0.15, 0.2) is 67.0 Å². The van der Waals surface area contributed by atoms with Gasteiger partial charge in [-0.1, -0.05) is 47.5 Å². The van der Waals surface area contributed by atoms with Gasteiger partial charge in [0.2, 0.25) is 0 Å². The number of aromatic nitrogens is 4. The first-order valence-electron chi connectivity index (χ1n) is 14.2. The Morgan fingerprint density at radius 1 is 1.05 bits per heavy atom. The predicted molar refractivity (Wildman–Crippen MR) is 168 cm³/mol. The van der Waals surface area contributed by atoms with Gasteiger partial charge < -0.3 is 15.5 Å². The van der Waals surface area contributed by atoms with E-state index in [-0.39, 0.29) is 22.4 Å². The summed E-state index contributed by atoms with van der Waals surface area (Å²) in [5.74, 6) is -0.934. The maximum Gasteiger partial charge on any atom is 0.141 e. The van der Waals surface area contributed by atoms with Crippen LogP contribution in [0.4, 0.5) is 25.8 Å². The Balaban J connectivity index is 1.39. The van der Waals surface area contributed by atoms with Gasteiger partial charge in [-0.15, -0.1) is 5.10 Å². The second-order valence-electron chi connectivity index (χ2n) is 10.7. The molecule has 1 unspecified atom stereocenters. The maximum atomic E-state index is 14.4. The van der Waals surface area contributed by atoms with Crippen LogP contribution < -0.4 is 10.6 Å². The quantitative estimate of drug-likeness (QED) is 0.180. The molecule has 224 valence electrons. The van der Waals surface area contributed by atoms with Gasteiger partial charge in [-0.3, -0.25) is 4.98 Å². The van der Waals surface area contributed by atoms with Gasteiger partial charge in [-0.05, 0) is 67.4 Å². The zero-order valence-electron chi connectivity index (χ0n) is 23.7. The minimum atomic E-state index is -0.567. The molecule has 3 heterocycles. The zero-order valence-corrected chi connectivity index (χ0v) is 25.2. The van der Waals surface area contributed by atoms with E-state index >= 15 is 0 Å². The number of rotatable bonds is 8. The molecule has 0 spiro atoms. The molecule has 0 amide bonds. The van der Waals surface area contributed by atoms with E-state index < -0.39 is 11.9 Å². The fourth-order valence-corrected chi connectivity index (χ4v) is 6.01.